The lowest BCUT2D eigenvalue weighted by Crippen LogP contribution is -2.47. The highest BCUT2D eigenvalue weighted by Crippen LogP contribution is 2.34. The van der Waals surface area contributed by atoms with E-state index in [-0.39, 0.29) is 17.3 Å². The summed E-state index contributed by atoms with van der Waals surface area (Å²) in [7, 11) is 0. The van der Waals surface area contributed by atoms with Gasteiger partial charge in [-0.2, -0.15) is 0 Å². The molecule has 3 aromatic rings. The minimum absolute atomic E-state index is 0.143. The van der Waals surface area contributed by atoms with Crippen LogP contribution in [0.2, 0.25) is 0 Å². The van der Waals surface area contributed by atoms with Gasteiger partial charge in [-0.1, -0.05) is 18.2 Å². The van der Waals surface area contributed by atoms with Crippen LogP contribution in [0.5, 0.6) is 0 Å². The molecule has 0 amide bonds. The van der Waals surface area contributed by atoms with E-state index in [1.807, 2.05) is 36.1 Å². The molecule has 0 atom stereocenters. The number of piperazine rings is 1. The van der Waals surface area contributed by atoms with Gasteiger partial charge in [0, 0.05) is 37.6 Å². The molecule has 1 saturated heterocycles. The van der Waals surface area contributed by atoms with Crippen LogP contribution in [0.25, 0.3) is 0 Å². The van der Waals surface area contributed by atoms with E-state index < -0.39 is 4.92 Å². The molecule has 4 rings (SSSR count). The number of nitrogens with zero attached hydrogens (tertiary/aromatic N) is 5. The molecular formula is C21H21FN6O2. The Kier molecular flexibility index (Phi) is 5.42. The molecule has 30 heavy (non-hydrogen) atoms. The van der Waals surface area contributed by atoms with Gasteiger partial charge in [-0.3, -0.25) is 10.1 Å². The van der Waals surface area contributed by atoms with E-state index in [9.17, 15) is 14.5 Å². The lowest BCUT2D eigenvalue weighted by Gasteiger charge is -2.36. The van der Waals surface area contributed by atoms with Crippen LogP contribution in [0.15, 0.2) is 54.9 Å². The van der Waals surface area contributed by atoms with Crippen LogP contribution < -0.4 is 15.1 Å². The smallest absolute Gasteiger partial charge is 0.353 e. The number of benzene rings is 2. The first-order chi connectivity index (χ1) is 14.5. The lowest BCUT2D eigenvalue weighted by molar-refractivity contribution is -0.383. The number of hydrogen-bond acceptors (Lipinski definition) is 7. The summed E-state index contributed by atoms with van der Waals surface area (Å²) >= 11 is 0. The van der Waals surface area contributed by atoms with E-state index in [2.05, 4.69) is 20.2 Å². The molecule has 2 aromatic carbocycles. The molecule has 9 heteroatoms. The average Bonchev–Trinajstić information content (AvgIpc) is 2.76. The fourth-order valence-electron chi connectivity index (χ4n) is 3.53. The van der Waals surface area contributed by atoms with Gasteiger partial charge >= 0.3 is 5.69 Å². The summed E-state index contributed by atoms with van der Waals surface area (Å²) in [6.45, 7) is 4.32. The van der Waals surface area contributed by atoms with Crippen LogP contribution in [0, 0.1) is 22.9 Å². The second kappa shape index (κ2) is 8.32. The minimum Gasteiger partial charge on any atom is -0.368 e. The Morgan fingerprint density at radius 2 is 1.67 bits per heavy atom. The van der Waals surface area contributed by atoms with Crippen molar-refractivity contribution >= 4 is 28.7 Å². The number of para-hydroxylation sites is 1. The van der Waals surface area contributed by atoms with E-state index >= 15 is 0 Å². The Bertz CT molecular complexity index is 1050. The van der Waals surface area contributed by atoms with Gasteiger partial charge in [-0.25, -0.2) is 14.4 Å². The fraction of sp³-hybridized carbons (Fsp3) is 0.238. The van der Waals surface area contributed by atoms with Gasteiger partial charge in [-0.15, -0.1) is 0 Å². The molecule has 1 aliphatic heterocycles. The highest BCUT2D eigenvalue weighted by molar-refractivity contribution is 5.75. The molecule has 1 N–H and O–H groups in total. The zero-order chi connectivity index (χ0) is 21.1. The largest absolute Gasteiger partial charge is 0.368 e. The molecule has 1 fully saturated rings. The number of nitrogens with one attached hydrogen (secondary N) is 1. The Labute approximate surface area is 173 Å². The van der Waals surface area contributed by atoms with Crippen molar-refractivity contribution in [1.29, 1.82) is 0 Å². The fourth-order valence-corrected chi connectivity index (χ4v) is 3.53. The van der Waals surface area contributed by atoms with Crippen LogP contribution in [-0.4, -0.2) is 41.1 Å². The van der Waals surface area contributed by atoms with Crippen molar-refractivity contribution in [3.05, 3.63) is 76.4 Å². The predicted molar refractivity (Wildman–Crippen MR) is 114 cm³/mol. The molecule has 0 spiro atoms. The second-order valence-electron chi connectivity index (χ2n) is 7.04. The standard InChI is InChI=1S/C21H21FN6O2/c1-15-4-2-3-5-18(15)25-20-19(28(29)30)21(24-14-23-20)27-12-10-26(11-13-27)17-8-6-16(22)7-9-17/h2-9,14H,10-13H2,1H3,(H,23,24,25). The zero-order valence-corrected chi connectivity index (χ0v) is 16.5. The first kappa shape index (κ1) is 19.6. The maximum atomic E-state index is 13.2. The quantitative estimate of drug-likeness (QED) is 0.506. The van der Waals surface area contributed by atoms with E-state index in [4.69, 9.17) is 0 Å². The molecular weight excluding hydrogens is 387 g/mol. The highest BCUT2D eigenvalue weighted by atomic mass is 19.1. The van der Waals surface area contributed by atoms with E-state index in [1.54, 1.807) is 12.1 Å². The summed E-state index contributed by atoms with van der Waals surface area (Å²) in [6, 6.07) is 13.9. The summed E-state index contributed by atoms with van der Waals surface area (Å²) in [4.78, 5) is 23.8. The monoisotopic (exact) mass is 408 g/mol. The van der Waals surface area contributed by atoms with Gasteiger partial charge in [0.05, 0.1) is 4.92 Å². The van der Waals surface area contributed by atoms with Crippen molar-refractivity contribution in [2.45, 2.75) is 6.92 Å². The number of nitro groups is 1. The number of anilines is 4. The highest BCUT2D eigenvalue weighted by Gasteiger charge is 2.29. The third-order valence-electron chi connectivity index (χ3n) is 5.15. The van der Waals surface area contributed by atoms with Gasteiger partial charge in [0.1, 0.15) is 12.1 Å². The molecule has 0 radical (unpaired) electrons. The minimum atomic E-state index is -0.442. The first-order valence-corrected chi connectivity index (χ1v) is 9.60. The van der Waals surface area contributed by atoms with Gasteiger partial charge in [0.15, 0.2) is 0 Å². The maximum Gasteiger partial charge on any atom is 0.353 e. The normalized spacial score (nSPS) is 13.9. The molecule has 0 bridgehead atoms. The van der Waals surface area contributed by atoms with Gasteiger partial charge in [-0.05, 0) is 42.8 Å². The molecule has 1 aliphatic rings. The van der Waals surface area contributed by atoms with E-state index in [1.165, 1.54) is 18.5 Å². The average molecular weight is 408 g/mol. The van der Waals surface area contributed by atoms with Crippen LogP contribution in [0.4, 0.5) is 33.1 Å². The van der Waals surface area contributed by atoms with Crippen molar-refractivity contribution in [2.24, 2.45) is 0 Å². The predicted octanol–water partition coefficient (Wildman–Crippen LogP) is 3.90. The van der Waals surface area contributed by atoms with E-state index in [0.717, 1.165) is 16.9 Å². The maximum absolute atomic E-state index is 13.2. The number of hydrogen-bond donors (Lipinski definition) is 1. The molecule has 0 saturated carbocycles. The molecule has 8 nitrogen and oxygen atoms in total. The topological polar surface area (TPSA) is 87.4 Å². The molecule has 0 unspecified atom stereocenters. The van der Waals surface area contributed by atoms with Gasteiger partial charge in [0.25, 0.3) is 0 Å². The Hall–Kier alpha value is -3.75. The Morgan fingerprint density at radius 3 is 2.33 bits per heavy atom. The Morgan fingerprint density at radius 1 is 1.00 bits per heavy atom. The molecule has 0 aliphatic carbocycles. The van der Waals surface area contributed by atoms with Crippen molar-refractivity contribution in [1.82, 2.24) is 9.97 Å². The van der Waals surface area contributed by atoms with Crippen LogP contribution in [0.1, 0.15) is 5.56 Å². The van der Waals surface area contributed by atoms with Gasteiger partial charge in [0.2, 0.25) is 11.6 Å². The van der Waals surface area contributed by atoms with E-state index in [0.29, 0.717) is 32.0 Å². The second-order valence-corrected chi connectivity index (χ2v) is 7.04. The Balaban J connectivity index is 1.56. The third kappa shape index (κ3) is 4.00. The third-order valence-corrected chi connectivity index (χ3v) is 5.15. The summed E-state index contributed by atoms with van der Waals surface area (Å²) in [5.41, 5.74) is 2.50. The number of aromatic nitrogens is 2. The summed E-state index contributed by atoms with van der Waals surface area (Å²) in [5, 5.41) is 15.0. The zero-order valence-electron chi connectivity index (χ0n) is 16.5. The SMILES string of the molecule is Cc1ccccc1Nc1ncnc(N2CCN(c3ccc(F)cc3)CC2)c1[N+](=O)[O-]. The van der Waals surface area contributed by atoms with Crippen LogP contribution in [0.3, 0.4) is 0 Å². The van der Waals surface area contributed by atoms with Crippen LogP contribution >= 0.6 is 0 Å². The lowest BCUT2D eigenvalue weighted by atomic mass is 10.2. The number of halogens is 1. The van der Waals surface area contributed by atoms with Crippen molar-refractivity contribution in [2.75, 3.05) is 41.3 Å². The summed E-state index contributed by atoms with van der Waals surface area (Å²) in [5.74, 6) is 0.188. The first-order valence-electron chi connectivity index (χ1n) is 9.60. The van der Waals surface area contributed by atoms with Crippen molar-refractivity contribution in [3.63, 3.8) is 0 Å². The summed E-state index contributed by atoms with van der Waals surface area (Å²) in [6.07, 6.45) is 1.34. The molecule has 1 aromatic heterocycles. The molecule has 2 heterocycles. The van der Waals surface area contributed by atoms with Crippen molar-refractivity contribution < 1.29 is 9.31 Å². The van der Waals surface area contributed by atoms with Crippen molar-refractivity contribution in [3.8, 4) is 0 Å². The molecule has 154 valence electrons. The van der Waals surface area contributed by atoms with Gasteiger partial charge < -0.3 is 15.1 Å². The van der Waals surface area contributed by atoms with Crippen LogP contribution in [-0.2, 0) is 0 Å². The number of rotatable bonds is 5. The number of aryl methyl sites for hydroxylation is 1. The summed E-state index contributed by atoms with van der Waals surface area (Å²) < 4.78 is 13.2.